The van der Waals surface area contributed by atoms with E-state index in [4.69, 9.17) is 4.74 Å². The summed E-state index contributed by atoms with van der Waals surface area (Å²) in [6.07, 6.45) is 1.68. The highest BCUT2D eigenvalue weighted by atomic mass is 19.4. The summed E-state index contributed by atoms with van der Waals surface area (Å²) >= 11 is 0. The molecule has 2 aromatic rings. The van der Waals surface area contributed by atoms with Crippen LogP contribution in [-0.2, 0) is 17.4 Å². The SMILES string of the molecule is C[C@H](CO)N1C[C@H](C)[C@H](CN(C)CC2CCCCC2)Oc2ccc(NC(=O)Nc3ccc(C(F)(F)F)cc3)cc2CC1=O. The Morgan fingerprint density at radius 1 is 1.07 bits per heavy atom. The zero-order valence-electron chi connectivity index (χ0n) is 25.1. The molecule has 236 valence electrons. The third-order valence-corrected chi connectivity index (χ3v) is 8.43. The van der Waals surface area contributed by atoms with E-state index in [0.717, 1.165) is 18.7 Å². The molecule has 0 spiro atoms. The molecule has 1 aliphatic carbocycles. The number of carbonyl (C=O) groups is 2. The minimum absolute atomic E-state index is 0.00924. The van der Waals surface area contributed by atoms with Crippen LogP contribution in [0.3, 0.4) is 0 Å². The standard InChI is InChI=1S/C32H43F3N4O4/c1-21-17-39(22(2)20-40)30(41)16-24-15-27(37-31(42)36-26-11-9-25(10-12-26)32(33,34)35)13-14-28(24)43-29(21)19-38(3)18-23-7-5-4-6-8-23/h9-15,21-23,29,40H,4-8,16-20H2,1-3H3,(H2,36,37,42)/t21-,22+,29-/m0/s1. The maximum Gasteiger partial charge on any atom is 0.416 e. The fourth-order valence-electron chi connectivity index (χ4n) is 5.95. The predicted molar refractivity (Wildman–Crippen MR) is 160 cm³/mol. The molecule has 3 amide bonds. The molecule has 0 unspecified atom stereocenters. The molecule has 3 atom stereocenters. The highest BCUT2D eigenvalue weighted by Crippen LogP contribution is 2.31. The smallest absolute Gasteiger partial charge is 0.416 e. The number of hydrogen-bond donors (Lipinski definition) is 3. The van der Waals surface area contributed by atoms with E-state index in [-0.39, 0.29) is 42.7 Å². The van der Waals surface area contributed by atoms with Crippen LogP contribution in [-0.4, -0.2) is 72.3 Å². The lowest BCUT2D eigenvalue weighted by molar-refractivity contribution is -0.137. The highest BCUT2D eigenvalue weighted by Gasteiger charge is 2.32. The molecule has 1 saturated carbocycles. The van der Waals surface area contributed by atoms with Gasteiger partial charge in [-0.1, -0.05) is 26.2 Å². The summed E-state index contributed by atoms with van der Waals surface area (Å²) in [6, 6.07) is 8.25. The highest BCUT2D eigenvalue weighted by molar-refractivity contribution is 6.00. The Morgan fingerprint density at radius 3 is 2.37 bits per heavy atom. The summed E-state index contributed by atoms with van der Waals surface area (Å²) in [6.45, 7) is 5.84. The number of alkyl halides is 3. The summed E-state index contributed by atoms with van der Waals surface area (Å²) in [7, 11) is 2.11. The molecule has 1 fully saturated rings. The zero-order valence-corrected chi connectivity index (χ0v) is 25.1. The van der Waals surface area contributed by atoms with Gasteiger partial charge >= 0.3 is 12.2 Å². The van der Waals surface area contributed by atoms with Crippen molar-refractivity contribution in [3.8, 4) is 5.75 Å². The fraction of sp³-hybridized carbons (Fsp3) is 0.562. The Hall–Kier alpha value is -3.31. The average molecular weight is 605 g/mol. The molecule has 0 saturated heterocycles. The summed E-state index contributed by atoms with van der Waals surface area (Å²) in [4.78, 5) is 30.1. The van der Waals surface area contributed by atoms with Gasteiger partial charge in [0.05, 0.1) is 24.6 Å². The van der Waals surface area contributed by atoms with Gasteiger partial charge in [-0.05, 0) is 75.2 Å². The van der Waals surface area contributed by atoms with Crippen molar-refractivity contribution < 1.29 is 32.6 Å². The average Bonchev–Trinajstić information content (AvgIpc) is 3.00. The Bertz CT molecular complexity index is 1230. The fourth-order valence-corrected chi connectivity index (χ4v) is 5.95. The first-order valence-corrected chi connectivity index (χ1v) is 15.1. The molecule has 43 heavy (non-hydrogen) atoms. The largest absolute Gasteiger partial charge is 0.488 e. The topological polar surface area (TPSA) is 94.1 Å². The second-order valence-corrected chi connectivity index (χ2v) is 12.1. The lowest BCUT2D eigenvalue weighted by Gasteiger charge is -2.35. The Kier molecular flexibility index (Phi) is 10.9. The molecule has 8 nitrogen and oxygen atoms in total. The molecule has 2 aromatic carbocycles. The van der Waals surface area contributed by atoms with Gasteiger partial charge in [0, 0.05) is 42.5 Å². The van der Waals surface area contributed by atoms with Crippen molar-refractivity contribution in [2.24, 2.45) is 11.8 Å². The quantitative estimate of drug-likeness (QED) is 0.343. The molecule has 1 heterocycles. The number of halogens is 3. The van der Waals surface area contributed by atoms with E-state index in [1.165, 1.54) is 44.2 Å². The zero-order chi connectivity index (χ0) is 31.1. The van der Waals surface area contributed by atoms with Gasteiger partial charge in [-0.25, -0.2) is 4.79 Å². The second-order valence-electron chi connectivity index (χ2n) is 12.1. The minimum atomic E-state index is -4.47. The molecule has 1 aliphatic heterocycles. The summed E-state index contributed by atoms with van der Waals surface area (Å²) in [5, 5.41) is 15.1. The number of hydrogen-bond acceptors (Lipinski definition) is 5. The van der Waals surface area contributed by atoms with Crippen molar-refractivity contribution in [2.75, 3.05) is 43.9 Å². The number of urea groups is 1. The van der Waals surface area contributed by atoms with Crippen LogP contribution in [0.1, 0.15) is 57.1 Å². The van der Waals surface area contributed by atoms with Gasteiger partial charge in [0.2, 0.25) is 5.91 Å². The van der Waals surface area contributed by atoms with Crippen LogP contribution in [0, 0.1) is 11.8 Å². The van der Waals surface area contributed by atoms with Crippen molar-refractivity contribution in [3.05, 3.63) is 53.6 Å². The third-order valence-electron chi connectivity index (χ3n) is 8.43. The number of likely N-dealkylation sites (N-methyl/N-ethyl adjacent to an activating group) is 1. The van der Waals surface area contributed by atoms with Crippen molar-refractivity contribution in [1.29, 1.82) is 0 Å². The number of ether oxygens (including phenoxy) is 1. The van der Waals surface area contributed by atoms with E-state index < -0.39 is 17.8 Å². The predicted octanol–water partition coefficient (Wildman–Crippen LogP) is 6.01. The second kappa shape index (κ2) is 14.4. The van der Waals surface area contributed by atoms with Crippen LogP contribution in [0.5, 0.6) is 5.75 Å². The van der Waals surface area contributed by atoms with E-state index in [9.17, 15) is 27.9 Å². The lowest BCUT2D eigenvalue weighted by atomic mass is 9.89. The normalized spacial score (nSPS) is 20.8. The molecule has 0 radical (unpaired) electrons. The first-order chi connectivity index (χ1) is 20.4. The van der Waals surface area contributed by atoms with Crippen LogP contribution < -0.4 is 15.4 Å². The van der Waals surface area contributed by atoms with Crippen molar-refractivity contribution in [1.82, 2.24) is 9.80 Å². The van der Waals surface area contributed by atoms with E-state index in [0.29, 0.717) is 36.0 Å². The number of aliphatic hydroxyl groups is 1. The van der Waals surface area contributed by atoms with E-state index >= 15 is 0 Å². The number of rotatable bonds is 8. The van der Waals surface area contributed by atoms with E-state index in [1.54, 1.807) is 23.1 Å². The first-order valence-electron chi connectivity index (χ1n) is 15.1. The lowest BCUT2D eigenvalue weighted by Crippen LogP contribution is -2.48. The van der Waals surface area contributed by atoms with Crippen LogP contribution in [0.25, 0.3) is 0 Å². The van der Waals surface area contributed by atoms with Gasteiger partial charge in [-0.2, -0.15) is 13.2 Å². The number of fused-ring (bicyclic) bond motifs is 1. The van der Waals surface area contributed by atoms with Crippen LogP contribution in [0.4, 0.5) is 29.3 Å². The van der Waals surface area contributed by atoms with Gasteiger partial charge in [-0.15, -0.1) is 0 Å². The minimum Gasteiger partial charge on any atom is -0.488 e. The van der Waals surface area contributed by atoms with Crippen LogP contribution in [0.15, 0.2) is 42.5 Å². The summed E-state index contributed by atoms with van der Waals surface area (Å²) in [5.74, 6) is 1.07. The number of nitrogens with zero attached hydrogens (tertiary/aromatic N) is 2. The molecule has 2 aliphatic rings. The molecule has 0 bridgehead atoms. The van der Waals surface area contributed by atoms with Crippen molar-refractivity contribution >= 4 is 23.3 Å². The van der Waals surface area contributed by atoms with Gasteiger partial charge in [0.1, 0.15) is 11.9 Å². The number of aliphatic hydroxyl groups excluding tert-OH is 1. The molecule has 11 heteroatoms. The van der Waals surface area contributed by atoms with Crippen molar-refractivity contribution in [2.45, 2.75) is 70.7 Å². The van der Waals surface area contributed by atoms with Gasteiger partial charge in [0.25, 0.3) is 0 Å². The maximum atomic E-state index is 13.5. The maximum absolute atomic E-state index is 13.5. The molecular weight excluding hydrogens is 561 g/mol. The Balaban J connectivity index is 1.51. The summed E-state index contributed by atoms with van der Waals surface area (Å²) < 4.78 is 45.2. The molecule has 3 N–H and O–H groups in total. The number of anilines is 2. The van der Waals surface area contributed by atoms with Gasteiger partial charge < -0.3 is 30.3 Å². The Morgan fingerprint density at radius 2 is 1.72 bits per heavy atom. The third kappa shape index (κ3) is 9.09. The van der Waals surface area contributed by atoms with Gasteiger partial charge in [-0.3, -0.25) is 4.79 Å². The number of benzene rings is 2. The van der Waals surface area contributed by atoms with E-state index in [2.05, 4.69) is 29.5 Å². The molecule has 0 aromatic heterocycles. The van der Waals surface area contributed by atoms with Crippen LogP contribution in [0.2, 0.25) is 0 Å². The van der Waals surface area contributed by atoms with Crippen LogP contribution >= 0.6 is 0 Å². The number of carbonyl (C=O) groups excluding carboxylic acids is 2. The van der Waals surface area contributed by atoms with Crippen molar-refractivity contribution in [3.63, 3.8) is 0 Å². The Labute approximate surface area is 251 Å². The number of nitrogens with one attached hydrogen (secondary N) is 2. The summed E-state index contributed by atoms with van der Waals surface area (Å²) in [5.41, 5.74) is 0.397. The number of amides is 3. The first kappa shape index (κ1) is 32.6. The molecule has 4 rings (SSSR count). The van der Waals surface area contributed by atoms with Gasteiger partial charge in [0.15, 0.2) is 0 Å². The molecular formula is C32H43F3N4O4. The monoisotopic (exact) mass is 604 g/mol. The van der Waals surface area contributed by atoms with E-state index in [1.807, 2.05) is 6.92 Å².